The maximum Gasteiger partial charge on any atom is 0.231 e. The Bertz CT molecular complexity index is 642. The van der Waals surface area contributed by atoms with Crippen molar-refractivity contribution in [1.29, 1.82) is 0 Å². The van der Waals surface area contributed by atoms with Gasteiger partial charge in [0.15, 0.2) is 0 Å². The smallest absolute Gasteiger partial charge is 0.231 e. The molecule has 3 nitrogen and oxygen atoms in total. The van der Waals surface area contributed by atoms with E-state index in [0.717, 1.165) is 25.7 Å². The lowest BCUT2D eigenvalue weighted by molar-refractivity contribution is -0.127. The SMILES string of the molecule is CO[C@@H](CNC(=O)C1(c2cccs2)CCCC1)c1ccc(C)s1. The Morgan fingerprint density at radius 1 is 1.35 bits per heavy atom. The Kier molecular flexibility index (Phi) is 5.19. The lowest BCUT2D eigenvalue weighted by atomic mass is 9.83. The second kappa shape index (κ2) is 7.16. The zero-order valence-corrected chi connectivity index (χ0v) is 15.3. The highest BCUT2D eigenvalue weighted by Crippen LogP contribution is 2.43. The molecule has 124 valence electrons. The normalized spacial score (nSPS) is 18.0. The van der Waals surface area contributed by atoms with Gasteiger partial charge in [0.25, 0.3) is 0 Å². The number of methoxy groups -OCH3 is 1. The molecule has 1 N–H and O–H groups in total. The first-order chi connectivity index (χ1) is 11.2. The third-order valence-corrected chi connectivity index (χ3v) is 6.86. The number of rotatable bonds is 6. The highest BCUT2D eigenvalue weighted by atomic mass is 32.1. The number of thiophene rings is 2. The molecule has 1 fully saturated rings. The molecule has 1 amide bonds. The van der Waals surface area contributed by atoms with Crippen molar-refractivity contribution >= 4 is 28.6 Å². The molecule has 2 aromatic heterocycles. The van der Waals surface area contributed by atoms with E-state index >= 15 is 0 Å². The van der Waals surface area contributed by atoms with Crippen LogP contribution in [0.4, 0.5) is 0 Å². The lowest BCUT2D eigenvalue weighted by Gasteiger charge is -2.27. The highest BCUT2D eigenvalue weighted by Gasteiger charge is 2.43. The van der Waals surface area contributed by atoms with E-state index in [0.29, 0.717) is 6.54 Å². The summed E-state index contributed by atoms with van der Waals surface area (Å²) >= 11 is 3.42. The molecular formula is C18H23NO2S2. The monoisotopic (exact) mass is 349 g/mol. The highest BCUT2D eigenvalue weighted by molar-refractivity contribution is 7.12. The van der Waals surface area contributed by atoms with Crippen molar-refractivity contribution < 1.29 is 9.53 Å². The average Bonchev–Trinajstić information content (AvgIpc) is 3.29. The molecule has 2 aromatic rings. The van der Waals surface area contributed by atoms with E-state index in [2.05, 4.69) is 35.8 Å². The van der Waals surface area contributed by atoms with Crippen molar-refractivity contribution in [3.63, 3.8) is 0 Å². The fraction of sp³-hybridized carbons (Fsp3) is 0.500. The van der Waals surface area contributed by atoms with Crippen LogP contribution in [-0.4, -0.2) is 19.6 Å². The van der Waals surface area contributed by atoms with Crippen LogP contribution in [0.5, 0.6) is 0 Å². The Balaban J connectivity index is 1.70. The van der Waals surface area contributed by atoms with E-state index in [1.54, 1.807) is 29.8 Å². The summed E-state index contributed by atoms with van der Waals surface area (Å²) in [5.41, 5.74) is -0.322. The summed E-state index contributed by atoms with van der Waals surface area (Å²) < 4.78 is 5.58. The van der Waals surface area contributed by atoms with Crippen LogP contribution in [0.15, 0.2) is 29.6 Å². The van der Waals surface area contributed by atoms with Gasteiger partial charge in [-0.3, -0.25) is 4.79 Å². The average molecular weight is 350 g/mol. The Morgan fingerprint density at radius 2 is 2.13 bits per heavy atom. The molecular weight excluding hydrogens is 326 g/mol. The van der Waals surface area contributed by atoms with Crippen molar-refractivity contribution in [1.82, 2.24) is 5.32 Å². The summed E-state index contributed by atoms with van der Waals surface area (Å²) in [6, 6.07) is 8.33. The Labute approximate surface area is 145 Å². The Hall–Kier alpha value is -1.17. The molecule has 0 aliphatic heterocycles. The first-order valence-electron chi connectivity index (χ1n) is 8.07. The zero-order valence-electron chi connectivity index (χ0n) is 13.6. The molecule has 1 atom stereocenters. The molecule has 5 heteroatoms. The summed E-state index contributed by atoms with van der Waals surface area (Å²) in [6.45, 7) is 2.62. The number of hydrogen-bond donors (Lipinski definition) is 1. The van der Waals surface area contributed by atoms with Crippen molar-refractivity contribution in [3.05, 3.63) is 44.3 Å². The summed E-state index contributed by atoms with van der Waals surface area (Å²) in [4.78, 5) is 16.6. The van der Waals surface area contributed by atoms with Crippen molar-refractivity contribution in [2.75, 3.05) is 13.7 Å². The minimum absolute atomic E-state index is 0.0700. The van der Waals surface area contributed by atoms with Crippen LogP contribution in [0.1, 0.15) is 46.4 Å². The molecule has 1 aliphatic carbocycles. The quantitative estimate of drug-likeness (QED) is 0.837. The minimum atomic E-state index is -0.322. The molecule has 0 bridgehead atoms. The molecule has 23 heavy (non-hydrogen) atoms. The molecule has 0 aromatic carbocycles. The largest absolute Gasteiger partial charge is 0.374 e. The number of carbonyl (C=O) groups is 1. The van der Waals surface area contributed by atoms with Crippen molar-refractivity contribution in [2.24, 2.45) is 0 Å². The van der Waals surface area contributed by atoms with Crippen LogP contribution in [0.25, 0.3) is 0 Å². The summed E-state index contributed by atoms with van der Waals surface area (Å²) in [5, 5.41) is 5.23. The second-order valence-corrected chi connectivity index (χ2v) is 8.42. The summed E-state index contributed by atoms with van der Waals surface area (Å²) in [5.74, 6) is 0.160. The fourth-order valence-electron chi connectivity index (χ4n) is 3.40. The van der Waals surface area contributed by atoms with Gasteiger partial charge < -0.3 is 10.1 Å². The standard InChI is InChI=1S/C18H23NO2S2/c1-13-7-8-15(23-13)14(21-2)12-19-17(20)18(9-3-4-10-18)16-6-5-11-22-16/h5-8,11,14H,3-4,9-10,12H2,1-2H3,(H,19,20)/t14-/m0/s1. The van der Waals surface area contributed by atoms with Crippen molar-refractivity contribution in [3.8, 4) is 0 Å². The third-order valence-electron chi connectivity index (χ3n) is 4.70. The summed E-state index contributed by atoms with van der Waals surface area (Å²) in [7, 11) is 1.70. The maximum atomic E-state index is 13.0. The van der Waals surface area contributed by atoms with Gasteiger partial charge in [0.1, 0.15) is 6.10 Å². The maximum absolute atomic E-state index is 13.0. The van der Waals surface area contributed by atoms with Crippen LogP contribution < -0.4 is 5.32 Å². The van der Waals surface area contributed by atoms with E-state index in [4.69, 9.17) is 4.74 Å². The number of ether oxygens (including phenoxy) is 1. The Morgan fingerprint density at radius 3 is 2.70 bits per heavy atom. The van der Waals surface area contributed by atoms with Crippen LogP contribution in [0.3, 0.4) is 0 Å². The molecule has 0 radical (unpaired) electrons. The van der Waals surface area contributed by atoms with Gasteiger partial charge >= 0.3 is 0 Å². The van der Waals surface area contributed by atoms with Crippen LogP contribution in [0.2, 0.25) is 0 Å². The number of carbonyl (C=O) groups excluding carboxylic acids is 1. The molecule has 3 rings (SSSR count). The summed E-state index contributed by atoms with van der Waals surface area (Å²) in [6.07, 6.45) is 4.09. The molecule has 0 spiro atoms. The van der Waals surface area contributed by atoms with Crippen LogP contribution in [-0.2, 0) is 14.9 Å². The van der Waals surface area contributed by atoms with Gasteiger partial charge in [-0.1, -0.05) is 18.9 Å². The molecule has 0 unspecified atom stereocenters. The molecule has 2 heterocycles. The van der Waals surface area contributed by atoms with Gasteiger partial charge in [0.05, 0.1) is 5.41 Å². The predicted molar refractivity (Wildman–Crippen MR) is 96.3 cm³/mol. The number of amides is 1. The first-order valence-corrected chi connectivity index (χ1v) is 9.77. The fourth-order valence-corrected chi connectivity index (χ4v) is 5.33. The minimum Gasteiger partial charge on any atom is -0.374 e. The number of aryl methyl sites for hydroxylation is 1. The van der Waals surface area contributed by atoms with Crippen LogP contribution >= 0.6 is 22.7 Å². The van der Waals surface area contributed by atoms with E-state index in [9.17, 15) is 4.79 Å². The van der Waals surface area contributed by atoms with E-state index < -0.39 is 0 Å². The molecule has 0 saturated heterocycles. The predicted octanol–water partition coefficient (Wildman–Crippen LogP) is 4.43. The van der Waals surface area contributed by atoms with Gasteiger partial charge in [0.2, 0.25) is 5.91 Å². The second-order valence-electron chi connectivity index (χ2n) is 6.15. The van der Waals surface area contributed by atoms with Crippen molar-refractivity contribution in [2.45, 2.75) is 44.1 Å². The lowest BCUT2D eigenvalue weighted by Crippen LogP contribution is -2.43. The van der Waals surface area contributed by atoms with Gasteiger partial charge in [-0.2, -0.15) is 0 Å². The van der Waals surface area contributed by atoms with Gasteiger partial charge in [0, 0.05) is 28.3 Å². The molecule has 1 saturated carbocycles. The topological polar surface area (TPSA) is 38.3 Å². The van der Waals surface area contributed by atoms with Crippen LogP contribution in [0, 0.1) is 6.92 Å². The molecule has 1 aliphatic rings. The van der Waals surface area contributed by atoms with Gasteiger partial charge in [-0.15, -0.1) is 22.7 Å². The third kappa shape index (κ3) is 3.37. The van der Waals surface area contributed by atoms with E-state index in [-0.39, 0.29) is 17.4 Å². The van der Waals surface area contributed by atoms with Gasteiger partial charge in [-0.25, -0.2) is 0 Å². The first kappa shape index (κ1) is 16.7. The number of hydrogen-bond acceptors (Lipinski definition) is 4. The van der Waals surface area contributed by atoms with E-state index in [1.807, 2.05) is 6.07 Å². The van der Waals surface area contributed by atoms with E-state index in [1.165, 1.54) is 14.6 Å². The zero-order chi connectivity index (χ0) is 16.3. The number of nitrogens with one attached hydrogen (secondary N) is 1. The van der Waals surface area contributed by atoms with Gasteiger partial charge in [-0.05, 0) is 43.3 Å².